The molecule has 1 N–H and O–H groups in total. The maximum atomic E-state index is 12.5. The Labute approximate surface area is 171 Å². The summed E-state index contributed by atoms with van der Waals surface area (Å²) in [6.07, 6.45) is 1.13. The van der Waals surface area contributed by atoms with E-state index in [-0.39, 0.29) is 21.2 Å². The van der Waals surface area contributed by atoms with Gasteiger partial charge < -0.3 is 4.74 Å². The number of carbonyl (C=O) groups is 1. The Hall–Kier alpha value is -3.02. The normalized spacial score (nSPS) is 11.6. The Morgan fingerprint density at radius 2 is 1.97 bits per heavy atom. The molecule has 0 aliphatic heterocycles. The molecule has 29 heavy (non-hydrogen) atoms. The number of hydrogen-bond acceptors (Lipinski definition) is 7. The number of nitro benzene ring substituents is 1. The molecule has 0 bridgehead atoms. The summed E-state index contributed by atoms with van der Waals surface area (Å²) in [5, 5.41) is 14.7. The zero-order valence-corrected chi connectivity index (χ0v) is 17.0. The van der Waals surface area contributed by atoms with Crippen LogP contribution in [0.5, 0.6) is 5.75 Å². The summed E-state index contributed by atoms with van der Waals surface area (Å²) in [5.74, 6) is -0.208. The number of halogens is 1. The molecule has 0 aromatic heterocycles. The van der Waals surface area contributed by atoms with Crippen LogP contribution in [0, 0.1) is 10.1 Å². The summed E-state index contributed by atoms with van der Waals surface area (Å²) in [4.78, 5) is 22.2. The molecule has 0 heterocycles. The van der Waals surface area contributed by atoms with Crippen LogP contribution in [0.25, 0.3) is 0 Å². The number of rotatable bonds is 8. The molecule has 0 spiro atoms. The van der Waals surface area contributed by atoms with E-state index in [2.05, 4.69) is 10.5 Å². The fraction of sp³-hybridized carbons (Fsp3) is 0.176. The van der Waals surface area contributed by atoms with E-state index in [1.807, 2.05) is 0 Å². The van der Waals surface area contributed by atoms with Crippen LogP contribution in [0.2, 0.25) is 5.02 Å². The lowest BCUT2D eigenvalue weighted by Crippen LogP contribution is -2.36. The van der Waals surface area contributed by atoms with Crippen molar-refractivity contribution in [2.24, 2.45) is 5.10 Å². The third-order valence-corrected chi connectivity index (χ3v) is 5.88. The van der Waals surface area contributed by atoms with Gasteiger partial charge in [0.1, 0.15) is 5.75 Å². The van der Waals surface area contributed by atoms with Crippen LogP contribution in [-0.4, -0.2) is 50.5 Å². The Morgan fingerprint density at radius 1 is 1.31 bits per heavy atom. The van der Waals surface area contributed by atoms with E-state index in [4.69, 9.17) is 16.3 Å². The average molecular weight is 441 g/mol. The lowest BCUT2D eigenvalue weighted by molar-refractivity contribution is -0.384. The van der Waals surface area contributed by atoms with E-state index in [1.165, 1.54) is 56.6 Å². The SMILES string of the molecule is COc1ccc(S(=O)(=O)N(C)CC(=O)NN=Cc2cc([N+](=O)[O-])ccc2Cl)cc1. The number of nitro groups is 1. The van der Waals surface area contributed by atoms with E-state index < -0.39 is 27.4 Å². The van der Waals surface area contributed by atoms with Crippen LogP contribution in [0.15, 0.2) is 52.5 Å². The Bertz CT molecular complexity index is 1040. The third kappa shape index (κ3) is 5.73. The van der Waals surface area contributed by atoms with Gasteiger partial charge in [-0.2, -0.15) is 9.41 Å². The number of ether oxygens (including phenoxy) is 1. The number of benzene rings is 2. The molecule has 0 saturated heterocycles. The van der Waals surface area contributed by atoms with Crippen LogP contribution in [0.4, 0.5) is 5.69 Å². The second kappa shape index (κ2) is 9.45. The van der Waals surface area contributed by atoms with Gasteiger partial charge in [0, 0.05) is 29.8 Å². The number of hydrogen-bond donors (Lipinski definition) is 1. The van der Waals surface area contributed by atoms with Gasteiger partial charge in [-0.1, -0.05) is 11.6 Å². The second-order valence-electron chi connectivity index (χ2n) is 5.69. The number of nitrogens with zero attached hydrogens (tertiary/aromatic N) is 3. The smallest absolute Gasteiger partial charge is 0.270 e. The molecular formula is C17H17ClN4O6S. The van der Waals surface area contributed by atoms with Crippen molar-refractivity contribution in [1.29, 1.82) is 0 Å². The van der Waals surface area contributed by atoms with Gasteiger partial charge in [-0.25, -0.2) is 13.8 Å². The molecule has 0 aliphatic rings. The van der Waals surface area contributed by atoms with E-state index in [9.17, 15) is 23.3 Å². The van der Waals surface area contributed by atoms with Crippen LogP contribution in [0.3, 0.4) is 0 Å². The van der Waals surface area contributed by atoms with Crippen LogP contribution >= 0.6 is 11.6 Å². The molecule has 0 unspecified atom stereocenters. The fourth-order valence-electron chi connectivity index (χ4n) is 2.17. The number of carbonyl (C=O) groups excluding carboxylic acids is 1. The van der Waals surface area contributed by atoms with Crippen molar-refractivity contribution >= 4 is 39.4 Å². The van der Waals surface area contributed by atoms with Crippen LogP contribution < -0.4 is 10.2 Å². The summed E-state index contributed by atoms with van der Waals surface area (Å²) in [7, 11) is -1.18. The van der Waals surface area contributed by atoms with Crippen LogP contribution in [-0.2, 0) is 14.8 Å². The molecule has 0 aliphatic carbocycles. The quantitative estimate of drug-likeness (QED) is 0.379. The number of amides is 1. The standard InChI is InChI=1S/C17H17ClN4O6S/c1-21(29(26,27)15-6-4-14(28-2)5-7-15)11-17(23)20-19-10-12-9-13(22(24)25)3-8-16(12)18/h3-10H,11H2,1-2H3,(H,20,23). The average Bonchev–Trinajstić information content (AvgIpc) is 2.69. The number of sulfonamides is 1. The Kier molecular flexibility index (Phi) is 7.26. The highest BCUT2D eigenvalue weighted by Gasteiger charge is 2.22. The van der Waals surface area contributed by atoms with Crippen molar-refractivity contribution in [2.75, 3.05) is 20.7 Å². The molecule has 154 valence electrons. The molecule has 0 atom stereocenters. The second-order valence-corrected chi connectivity index (χ2v) is 8.14. The van der Waals surface area contributed by atoms with Crippen molar-refractivity contribution in [2.45, 2.75) is 4.90 Å². The van der Waals surface area contributed by atoms with Gasteiger partial charge in [0.15, 0.2) is 0 Å². The summed E-state index contributed by atoms with van der Waals surface area (Å²) in [5.41, 5.74) is 2.19. The van der Waals surface area contributed by atoms with Gasteiger partial charge in [-0.15, -0.1) is 0 Å². The molecule has 0 radical (unpaired) electrons. The molecule has 0 fully saturated rings. The Morgan fingerprint density at radius 3 is 2.55 bits per heavy atom. The van der Waals surface area contributed by atoms with Crippen molar-refractivity contribution in [3.63, 3.8) is 0 Å². The predicted octanol–water partition coefficient (Wildman–Crippen LogP) is 2.03. The topological polar surface area (TPSA) is 131 Å². The molecule has 12 heteroatoms. The number of nitrogens with one attached hydrogen (secondary N) is 1. The van der Waals surface area contributed by atoms with Crippen molar-refractivity contribution < 1.29 is 22.9 Å². The minimum atomic E-state index is -3.89. The molecule has 0 saturated carbocycles. The highest BCUT2D eigenvalue weighted by molar-refractivity contribution is 7.89. The first-order chi connectivity index (χ1) is 13.6. The van der Waals surface area contributed by atoms with Crippen molar-refractivity contribution in [3.8, 4) is 5.75 Å². The zero-order chi connectivity index (χ0) is 21.6. The lowest BCUT2D eigenvalue weighted by Gasteiger charge is -2.16. The van der Waals surface area contributed by atoms with Gasteiger partial charge in [0.25, 0.3) is 11.6 Å². The first-order valence-corrected chi connectivity index (χ1v) is 9.83. The monoisotopic (exact) mass is 440 g/mol. The third-order valence-electron chi connectivity index (χ3n) is 3.72. The van der Waals surface area contributed by atoms with Crippen molar-refractivity contribution in [1.82, 2.24) is 9.73 Å². The molecule has 2 aromatic carbocycles. The van der Waals surface area contributed by atoms with E-state index in [0.717, 1.165) is 10.5 Å². The summed E-state index contributed by atoms with van der Waals surface area (Å²) in [6, 6.07) is 9.48. The number of likely N-dealkylation sites (N-methyl/N-ethyl adjacent to an activating group) is 1. The maximum Gasteiger partial charge on any atom is 0.270 e. The predicted molar refractivity (Wildman–Crippen MR) is 107 cm³/mol. The summed E-state index contributed by atoms with van der Waals surface area (Å²) >= 11 is 5.93. The maximum absolute atomic E-state index is 12.5. The van der Waals surface area contributed by atoms with Gasteiger partial charge in [-0.05, 0) is 30.3 Å². The molecular weight excluding hydrogens is 424 g/mol. The van der Waals surface area contributed by atoms with Gasteiger partial charge in [0.2, 0.25) is 10.0 Å². The van der Waals surface area contributed by atoms with E-state index in [1.54, 1.807) is 0 Å². The lowest BCUT2D eigenvalue weighted by atomic mass is 10.2. The first-order valence-electron chi connectivity index (χ1n) is 8.01. The molecule has 10 nitrogen and oxygen atoms in total. The zero-order valence-electron chi connectivity index (χ0n) is 15.4. The van der Waals surface area contributed by atoms with Gasteiger partial charge >= 0.3 is 0 Å². The highest BCUT2D eigenvalue weighted by atomic mass is 35.5. The first kappa shape index (κ1) is 22.3. The van der Waals surface area contributed by atoms with E-state index >= 15 is 0 Å². The minimum Gasteiger partial charge on any atom is -0.497 e. The molecule has 2 aromatic rings. The van der Waals surface area contributed by atoms with E-state index in [0.29, 0.717) is 5.75 Å². The molecule has 2 rings (SSSR count). The highest BCUT2D eigenvalue weighted by Crippen LogP contribution is 2.20. The summed E-state index contributed by atoms with van der Waals surface area (Å²) in [6.45, 7) is -0.492. The summed E-state index contributed by atoms with van der Waals surface area (Å²) < 4.78 is 30.8. The minimum absolute atomic E-state index is 0.000443. The number of hydrazone groups is 1. The number of non-ortho nitro benzene ring substituents is 1. The van der Waals surface area contributed by atoms with Crippen molar-refractivity contribution in [3.05, 3.63) is 63.2 Å². The largest absolute Gasteiger partial charge is 0.497 e. The van der Waals surface area contributed by atoms with Gasteiger partial charge in [0.05, 0.1) is 29.7 Å². The molecule has 1 amide bonds. The number of methoxy groups -OCH3 is 1. The fourth-order valence-corrected chi connectivity index (χ4v) is 3.46. The van der Waals surface area contributed by atoms with Crippen LogP contribution in [0.1, 0.15) is 5.56 Å². The Balaban J connectivity index is 2.02. The van der Waals surface area contributed by atoms with Gasteiger partial charge in [-0.3, -0.25) is 14.9 Å².